The maximum Gasteiger partial charge on any atom is 0.186 e. The molecule has 76 valence electrons. The van der Waals surface area contributed by atoms with Gasteiger partial charge in [-0.3, -0.25) is 4.79 Å². The zero-order valence-electron chi connectivity index (χ0n) is 8.53. The summed E-state index contributed by atoms with van der Waals surface area (Å²) in [5, 5.41) is 1.24. The average molecular weight is 227 g/mol. The third-order valence-corrected chi connectivity index (χ3v) is 3.40. The minimum Gasteiger partial charge on any atom is -0.288 e. The highest BCUT2D eigenvalue weighted by atomic mass is 32.2. The highest BCUT2D eigenvalue weighted by Gasteiger charge is 1.99. The van der Waals surface area contributed by atoms with E-state index in [1.807, 2.05) is 26.0 Å². The summed E-state index contributed by atoms with van der Waals surface area (Å²) in [6.07, 6.45) is 4.04. The van der Waals surface area contributed by atoms with Crippen LogP contribution in [0, 0.1) is 13.8 Å². The second-order valence-corrected chi connectivity index (χ2v) is 5.32. The Morgan fingerprint density at radius 2 is 2.29 bits per heavy atom. The number of thioether (sulfide) groups is 1. The first-order chi connectivity index (χ1) is 6.59. The third-order valence-electron chi connectivity index (χ3n) is 1.59. The van der Waals surface area contributed by atoms with Crippen LogP contribution in [0.15, 0.2) is 6.08 Å². The van der Waals surface area contributed by atoms with Crippen molar-refractivity contribution in [2.45, 2.75) is 20.8 Å². The molecule has 0 saturated heterocycles. The van der Waals surface area contributed by atoms with E-state index in [2.05, 4.69) is 4.98 Å². The number of hydrogen-bond donors (Lipinski definition) is 0. The maximum absolute atomic E-state index is 10.6. The van der Waals surface area contributed by atoms with Crippen LogP contribution in [-0.4, -0.2) is 15.9 Å². The molecule has 0 aliphatic heterocycles. The van der Waals surface area contributed by atoms with Gasteiger partial charge in [0, 0.05) is 17.6 Å². The molecule has 1 rings (SSSR count). The lowest BCUT2D eigenvalue weighted by Gasteiger charge is -1.89. The van der Waals surface area contributed by atoms with Crippen LogP contribution >= 0.6 is 23.1 Å². The highest BCUT2D eigenvalue weighted by molar-refractivity contribution is 8.13. The first-order valence-electron chi connectivity index (χ1n) is 4.33. The molecule has 0 unspecified atom stereocenters. The molecule has 0 aliphatic carbocycles. The summed E-state index contributed by atoms with van der Waals surface area (Å²) in [5.41, 5.74) is 1.07. The SMILES string of the molecule is CC(=O)SCC=Cc1sc(C)nc1C. The van der Waals surface area contributed by atoms with Crippen molar-refractivity contribution < 1.29 is 4.79 Å². The average Bonchev–Trinajstić information content (AvgIpc) is 2.39. The number of rotatable bonds is 3. The molecule has 0 atom stereocenters. The Labute approximate surface area is 92.4 Å². The lowest BCUT2D eigenvalue weighted by atomic mass is 10.4. The molecule has 0 fully saturated rings. The van der Waals surface area contributed by atoms with E-state index >= 15 is 0 Å². The molecule has 0 aromatic carbocycles. The first kappa shape index (κ1) is 11.5. The van der Waals surface area contributed by atoms with Gasteiger partial charge >= 0.3 is 0 Å². The number of carbonyl (C=O) groups excluding carboxylic acids is 1. The van der Waals surface area contributed by atoms with Crippen molar-refractivity contribution in [3.63, 3.8) is 0 Å². The van der Waals surface area contributed by atoms with Gasteiger partial charge in [0.1, 0.15) is 0 Å². The minimum absolute atomic E-state index is 0.159. The standard InChI is InChI=1S/C10H13NOS2/c1-7-10(14-8(2)11-7)5-4-6-13-9(3)12/h4-5H,6H2,1-3H3. The normalized spacial score (nSPS) is 11.1. The summed E-state index contributed by atoms with van der Waals surface area (Å²) in [6.45, 7) is 5.58. The van der Waals surface area contributed by atoms with Gasteiger partial charge in [-0.1, -0.05) is 17.8 Å². The quantitative estimate of drug-likeness (QED) is 0.795. The smallest absolute Gasteiger partial charge is 0.186 e. The second-order valence-electron chi connectivity index (χ2n) is 2.89. The topological polar surface area (TPSA) is 30.0 Å². The summed E-state index contributed by atoms with van der Waals surface area (Å²) in [4.78, 5) is 16.2. The Morgan fingerprint density at radius 3 is 2.79 bits per heavy atom. The van der Waals surface area contributed by atoms with Crippen LogP contribution < -0.4 is 0 Å². The Kier molecular flexibility index (Phi) is 4.35. The molecule has 14 heavy (non-hydrogen) atoms. The molecule has 0 N–H and O–H groups in total. The van der Waals surface area contributed by atoms with Crippen LogP contribution in [0.2, 0.25) is 0 Å². The highest BCUT2D eigenvalue weighted by Crippen LogP contribution is 2.18. The Bertz CT molecular complexity index is 355. The van der Waals surface area contributed by atoms with E-state index in [1.165, 1.54) is 16.6 Å². The van der Waals surface area contributed by atoms with E-state index in [-0.39, 0.29) is 5.12 Å². The van der Waals surface area contributed by atoms with Crippen molar-refractivity contribution >= 4 is 34.3 Å². The van der Waals surface area contributed by atoms with Gasteiger partial charge in [0.25, 0.3) is 0 Å². The summed E-state index contributed by atoms with van der Waals surface area (Å²) >= 11 is 3.00. The number of carbonyl (C=O) groups is 1. The largest absolute Gasteiger partial charge is 0.288 e. The predicted octanol–water partition coefficient (Wildman–Crippen LogP) is 3.05. The van der Waals surface area contributed by atoms with Crippen LogP contribution in [0.3, 0.4) is 0 Å². The van der Waals surface area contributed by atoms with E-state index in [0.29, 0.717) is 0 Å². The summed E-state index contributed by atoms with van der Waals surface area (Å²) in [7, 11) is 0. The summed E-state index contributed by atoms with van der Waals surface area (Å²) < 4.78 is 0. The lowest BCUT2D eigenvalue weighted by molar-refractivity contribution is -0.109. The van der Waals surface area contributed by atoms with E-state index in [4.69, 9.17) is 0 Å². The fourth-order valence-corrected chi connectivity index (χ4v) is 2.31. The molecule has 0 amide bonds. The van der Waals surface area contributed by atoms with Crippen molar-refractivity contribution in [2.75, 3.05) is 5.75 Å². The predicted molar refractivity (Wildman–Crippen MR) is 63.8 cm³/mol. The van der Waals surface area contributed by atoms with Crippen LogP contribution in [0.25, 0.3) is 6.08 Å². The molecule has 1 heterocycles. The fourth-order valence-electron chi connectivity index (χ4n) is 1.02. The number of aryl methyl sites for hydroxylation is 2. The van der Waals surface area contributed by atoms with Gasteiger partial charge in [-0.2, -0.15) is 0 Å². The van der Waals surface area contributed by atoms with Gasteiger partial charge in [-0.15, -0.1) is 11.3 Å². The Morgan fingerprint density at radius 1 is 1.57 bits per heavy atom. The number of hydrogen-bond acceptors (Lipinski definition) is 4. The van der Waals surface area contributed by atoms with Gasteiger partial charge in [-0.25, -0.2) is 4.98 Å². The molecule has 0 aliphatic rings. The van der Waals surface area contributed by atoms with Crippen molar-refractivity contribution in [1.29, 1.82) is 0 Å². The number of thiazole rings is 1. The third kappa shape index (κ3) is 3.64. The Balaban J connectivity index is 2.51. The van der Waals surface area contributed by atoms with Crippen molar-refractivity contribution in [3.8, 4) is 0 Å². The van der Waals surface area contributed by atoms with Crippen LogP contribution in [-0.2, 0) is 4.79 Å². The minimum atomic E-state index is 0.159. The van der Waals surface area contributed by atoms with Gasteiger partial charge in [0.15, 0.2) is 5.12 Å². The lowest BCUT2D eigenvalue weighted by Crippen LogP contribution is -1.81. The molecule has 2 nitrogen and oxygen atoms in total. The molecule has 0 saturated carbocycles. The van der Waals surface area contributed by atoms with Crippen molar-refractivity contribution in [1.82, 2.24) is 4.98 Å². The van der Waals surface area contributed by atoms with E-state index in [9.17, 15) is 4.79 Å². The molecule has 0 spiro atoms. The van der Waals surface area contributed by atoms with Gasteiger partial charge in [-0.05, 0) is 19.9 Å². The van der Waals surface area contributed by atoms with Gasteiger partial charge in [0.2, 0.25) is 0 Å². The number of aromatic nitrogens is 1. The first-order valence-corrected chi connectivity index (χ1v) is 6.13. The summed E-state index contributed by atoms with van der Waals surface area (Å²) in [6, 6.07) is 0. The zero-order chi connectivity index (χ0) is 10.6. The van der Waals surface area contributed by atoms with E-state index < -0.39 is 0 Å². The van der Waals surface area contributed by atoms with Crippen LogP contribution in [0.5, 0.6) is 0 Å². The zero-order valence-corrected chi connectivity index (χ0v) is 10.2. The van der Waals surface area contributed by atoms with Crippen molar-refractivity contribution in [2.24, 2.45) is 0 Å². The molecule has 0 bridgehead atoms. The molecular formula is C10H13NOS2. The van der Waals surface area contributed by atoms with E-state index in [0.717, 1.165) is 16.5 Å². The molecule has 0 radical (unpaired) electrons. The van der Waals surface area contributed by atoms with Crippen molar-refractivity contribution in [3.05, 3.63) is 21.7 Å². The molecule has 1 aromatic heterocycles. The molecule has 4 heteroatoms. The monoisotopic (exact) mass is 227 g/mol. The Hall–Kier alpha value is -0.610. The van der Waals surface area contributed by atoms with Crippen LogP contribution in [0.1, 0.15) is 22.5 Å². The number of nitrogens with zero attached hydrogens (tertiary/aromatic N) is 1. The summed E-state index contributed by atoms with van der Waals surface area (Å²) in [5.74, 6) is 0.742. The van der Waals surface area contributed by atoms with E-state index in [1.54, 1.807) is 18.3 Å². The molecule has 1 aromatic rings. The van der Waals surface area contributed by atoms with Crippen LogP contribution in [0.4, 0.5) is 0 Å². The second kappa shape index (κ2) is 5.32. The van der Waals surface area contributed by atoms with Gasteiger partial charge < -0.3 is 0 Å². The molecular weight excluding hydrogens is 214 g/mol. The van der Waals surface area contributed by atoms with Gasteiger partial charge in [0.05, 0.1) is 10.7 Å². The fraction of sp³-hybridized carbons (Fsp3) is 0.400. The maximum atomic E-state index is 10.6.